The number of sulfonamides is 1. The molecule has 1 aromatic heterocycles. The Morgan fingerprint density at radius 3 is 2.37 bits per heavy atom. The highest BCUT2D eigenvalue weighted by atomic mass is 32.2. The second kappa shape index (κ2) is 7.42. The van der Waals surface area contributed by atoms with Crippen molar-refractivity contribution >= 4 is 21.1 Å². The molecule has 1 saturated heterocycles. The minimum absolute atomic E-state index is 0.368. The van der Waals surface area contributed by atoms with Gasteiger partial charge in [-0.25, -0.2) is 13.4 Å². The number of oxazole rings is 1. The summed E-state index contributed by atoms with van der Waals surface area (Å²) in [6, 6.07) is 14.9. The first kappa shape index (κ1) is 18.2. The molecule has 0 atom stereocenters. The summed E-state index contributed by atoms with van der Waals surface area (Å²) in [6.45, 7) is 4.90. The molecular formula is C20H23N3O3S. The van der Waals surface area contributed by atoms with Gasteiger partial charge in [-0.1, -0.05) is 31.2 Å². The van der Waals surface area contributed by atoms with Gasteiger partial charge in [0.05, 0.1) is 11.4 Å². The molecule has 7 heteroatoms. The topological polar surface area (TPSA) is 66.7 Å². The summed E-state index contributed by atoms with van der Waals surface area (Å²) in [4.78, 5) is 7.04. The molecule has 2 heterocycles. The molecule has 1 fully saturated rings. The minimum atomic E-state index is -3.44. The fourth-order valence-corrected chi connectivity index (χ4v) is 4.78. The van der Waals surface area contributed by atoms with E-state index in [4.69, 9.17) is 4.42 Å². The number of piperazine rings is 1. The maximum Gasteiger partial charge on any atom is 0.243 e. The lowest BCUT2D eigenvalue weighted by atomic mass is 10.2. The van der Waals surface area contributed by atoms with Crippen LogP contribution in [0, 0.1) is 0 Å². The van der Waals surface area contributed by atoms with Gasteiger partial charge in [-0.3, -0.25) is 4.90 Å². The average molecular weight is 385 g/mol. The van der Waals surface area contributed by atoms with Gasteiger partial charge in [-0.15, -0.1) is 0 Å². The van der Waals surface area contributed by atoms with Crippen molar-refractivity contribution in [2.75, 3.05) is 26.2 Å². The normalized spacial score (nSPS) is 16.8. The summed E-state index contributed by atoms with van der Waals surface area (Å²) in [5.41, 5.74) is 2.77. The van der Waals surface area contributed by atoms with Crippen LogP contribution in [0.3, 0.4) is 0 Å². The molecule has 3 aromatic rings. The number of para-hydroxylation sites is 2. The summed E-state index contributed by atoms with van der Waals surface area (Å²) in [6.07, 6.45) is 0.898. The van der Waals surface area contributed by atoms with E-state index in [0.717, 1.165) is 23.1 Å². The Bertz CT molecular complexity index is 987. The Hall–Kier alpha value is -2.22. The Morgan fingerprint density at radius 2 is 1.70 bits per heavy atom. The van der Waals surface area contributed by atoms with Crippen LogP contribution in [-0.4, -0.2) is 48.8 Å². The van der Waals surface area contributed by atoms with E-state index in [1.165, 1.54) is 0 Å². The smallest absolute Gasteiger partial charge is 0.243 e. The number of aryl methyl sites for hydroxylation is 1. The van der Waals surface area contributed by atoms with Gasteiger partial charge in [0.2, 0.25) is 15.9 Å². The van der Waals surface area contributed by atoms with Crippen molar-refractivity contribution in [2.24, 2.45) is 0 Å². The maximum absolute atomic E-state index is 12.8. The molecule has 0 amide bonds. The van der Waals surface area contributed by atoms with Gasteiger partial charge in [-0.05, 0) is 36.2 Å². The molecular weight excluding hydrogens is 362 g/mol. The van der Waals surface area contributed by atoms with Gasteiger partial charge in [0.1, 0.15) is 5.52 Å². The molecule has 0 spiro atoms. The van der Waals surface area contributed by atoms with Crippen LogP contribution in [0.5, 0.6) is 0 Å². The third-order valence-electron chi connectivity index (χ3n) is 5.00. The molecule has 0 aliphatic carbocycles. The zero-order valence-electron chi connectivity index (χ0n) is 15.3. The highest BCUT2D eigenvalue weighted by molar-refractivity contribution is 7.89. The van der Waals surface area contributed by atoms with Gasteiger partial charge in [0.25, 0.3) is 0 Å². The predicted molar refractivity (Wildman–Crippen MR) is 104 cm³/mol. The van der Waals surface area contributed by atoms with E-state index in [9.17, 15) is 8.42 Å². The lowest BCUT2D eigenvalue weighted by molar-refractivity contribution is 0.169. The number of hydrogen-bond acceptors (Lipinski definition) is 5. The van der Waals surface area contributed by atoms with Crippen molar-refractivity contribution in [3.05, 3.63) is 60.0 Å². The number of benzene rings is 2. The van der Waals surface area contributed by atoms with E-state index in [2.05, 4.69) is 16.8 Å². The van der Waals surface area contributed by atoms with E-state index in [-0.39, 0.29) is 0 Å². The Labute approximate surface area is 159 Å². The standard InChI is InChI=1S/C20H23N3O3S/c1-2-16-7-9-17(10-8-16)27(24,25)23-13-11-22(12-14-23)15-20-21-18-5-3-4-6-19(18)26-20/h3-10H,2,11-15H2,1H3. The van der Waals surface area contributed by atoms with Crippen LogP contribution in [0.4, 0.5) is 0 Å². The zero-order chi connectivity index (χ0) is 18.9. The molecule has 2 aromatic carbocycles. The number of nitrogens with zero attached hydrogens (tertiary/aromatic N) is 3. The molecule has 142 valence electrons. The second-order valence-corrected chi connectivity index (χ2v) is 8.69. The third kappa shape index (κ3) is 3.76. The maximum atomic E-state index is 12.8. The van der Waals surface area contributed by atoms with Gasteiger partial charge in [-0.2, -0.15) is 4.31 Å². The molecule has 0 unspecified atom stereocenters. The van der Waals surface area contributed by atoms with Crippen molar-refractivity contribution in [3.63, 3.8) is 0 Å². The van der Waals surface area contributed by atoms with E-state index in [1.807, 2.05) is 36.4 Å². The SMILES string of the molecule is CCc1ccc(S(=O)(=O)N2CCN(Cc3nc4ccccc4o3)CC2)cc1. The van der Waals surface area contributed by atoms with Crippen molar-refractivity contribution in [2.45, 2.75) is 24.8 Å². The molecule has 0 bridgehead atoms. The first-order chi connectivity index (χ1) is 13.1. The zero-order valence-corrected chi connectivity index (χ0v) is 16.2. The quantitative estimate of drug-likeness (QED) is 0.676. The highest BCUT2D eigenvalue weighted by Crippen LogP contribution is 2.20. The summed E-state index contributed by atoms with van der Waals surface area (Å²) in [5, 5.41) is 0. The predicted octanol–water partition coefficient (Wildman–Crippen LogP) is 2.90. The van der Waals surface area contributed by atoms with Gasteiger partial charge < -0.3 is 4.42 Å². The summed E-state index contributed by atoms with van der Waals surface area (Å²) < 4.78 is 33.0. The minimum Gasteiger partial charge on any atom is -0.439 e. The second-order valence-electron chi connectivity index (χ2n) is 6.75. The van der Waals surface area contributed by atoms with Crippen LogP contribution in [0.1, 0.15) is 18.4 Å². The number of fused-ring (bicyclic) bond motifs is 1. The van der Waals surface area contributed by atoms with Crippen LogP contribution in [-0.2, 0) is 23.0 Å². The van der Waals surface area contributed by atoms with Crippen molar-refractivity contribution in [1.29, 1.82) is 0 Å². The fraction of sp³-hybridized carbons (Fsp3) is 0.350. The van der Waals surface area contributed by atoms with E-state index < -0.39 is 10.0 Å². The van der Waals surface area contributed by atoms with Crippen molar-refractivity contribution in [3.8, 4) is 0 Å². The Morgan fingerprint density at radius 1 is 1.00 bits per heavy atom. The van der Waals surface area contributed by atoms with E-state index >= 15 is 0 Å². The van der Waals surface area contributed by atoms with Crippen LogP contribution in [0.15, 0.2) is 57.8 Å². The third-order valence-corrected chi connectivity index (χ3v) is 6.91. The first-order valence-electron chi connectivity index (χ1n) is 9.22. The Kier molecular flexibility index (Phi) is 4.99. The monoisotopic (exact) mass is 385 g/mol. The molecule has 0 radical (unpaired) electrons. The van der Waals surface area contributed by atoms with Crippen molar-refractivity contribution in [1.82, 2.24) is 14.2 Å². The molecule has 1 aliphatic heterocycles. The number of hydrogen-bond donors (Lipinski definition) is 0. The highest BCUT2D eigenvalue weighted by Gasteiger charge is 2.28. The summed E-state index contributed by atoms with van der Waals surface area (Å²) >= 11 is 0. The largest absolute Gasteiger partial charge is 0.439 e. The number of aromatic nitrogens is 1. The van der Waals surface area contributed by atoms with E-state index in [1.54, 1.807) is 16.4 Å². The molecule has 4 rings (SSSR count). The van der Waals surface area contributed by atoms with Crippen molar-refractivity contribution < 1.29 is 12.8 Å². The molecule has 1 aliphatic rings. The first-order valence-corrected chi connectivity index (χ1v) is 10.7. The summed E-state index contributed by atoms with van der Waals surface area (Å²) in [7, 11) is -3.44. The fourth-order valence-electron chi connectivity index (χ4n) is 3.35. The molecule has 0 saturated carbocycles. The lowest BCUT2D eigenvalue weighted by Gasteiger charge is -2.33. The van der Waals surface area contributed by atoms with Crippen LogP contribution in [0.25, 0.3) is 11.1 Å². The van der Waals surface area contributed by atoms with Crippen LogP contribution >= 0.6 is 0 Å². The summed E-state index contributed by atoms with van der Waals surface area (Å²) in [5.74, 6) is 0.669. The average Bonchev–Trinajstić information content (AvgIpc) is 3.10. The van der Waals surface area contributed by atoms with Crippen LogP contribution < -0.4 is 0 Å². The Balaban J connectivity index is 1.40. The van der Waals surface area contributed by atoms with Gasteiger partial charge in [0.15, 0.2) is 5.58 Å². The molecule has 0 N–H and O–H groups in total. The molecule has 6 nitrogen and oxygen atoms in total. The van der Waals surface area contributed by atoms with Crippen LogP contribution in [0.2, 0.25) is 0 Å². The molecule has 27 heavy (non-hydrogen) atoms. The van der Waals surface area contributed by atoms with Gasteiger partial charge in [0, 0.05) is 26.2 Å². The lowest BCUT2D eigenvalue weighted by Crippen LogP contribution is -2.48. The number of rotatable bonds is 5. The van der Waals surface area contributed by atoms with E-state index in [0.29, 0.717) is 43.5 Å². The van der Waals surface area contributed by atoms with Gasteiger partial charge >= 0.3 is 0 Å².